The van der Waals surface area contributed by atoms with Gasteiger partial charge in [0.2, 0.25) is 0 Å². The van der Waals surface area contributed by atoms with E-state index in [0.29, 0.717) is 33.3 Å². The van der Waals surface area contributed by atoms with E-state index in [9.17, 15) is 18.8 Å². The van der Waals surface area contributed by atoms with E-state index in [4.69, 9.17) is 5.73 Å². The molecule has 0 spiro atoms. The molecule has 0 aliphatic carbocycles. The predicted molar refractivity (Wildman–Crippen MR) is 138 cm³/mol. The number of nitriles is 1. The number of pyridine rings is 2. The maximum atomic E-state index is 14.4. The van der Waals surface area contributed by atoms with E-state index in [-0.39, 0.29) is 17.2 Å². The van der Waals surface area contributed by atoms with Gasteiger partial charge in [-0.2, -0.15) is 5.26 Å². The van der Waals surface area contributed by atoms with Crippen LogP contribution in [0, 0.1) is 23.0 Å². The van der Waals surface area contributed by atoms with E-state index in [1.54, 1.807) is 43.3 Å². The SMILES string of the molecule is C[C@H](Nc1ncnc(N)c1C#N)c1c(-c2ccccc2)c(=O)n2cc(F)ccc2c1-c1cccc(F)c1. The maximum Gasteiger partial charge on any atom is 0.263 e. The number of hydrogen-bond donors (Lipinski definition) is 2. The molecular formula is C28H20F2N6O. The number of nitrogens with two attached hydrogens (primary N) is 1. The number of nitrogens with zero attached hydrogens (tertiary/aromatic N) is 4. The van der Waals surface area contributed by atoms with Crippen LogP contribution in [0.25, 0.3) is 27.8 Å². The van der Waals surface area contributed by atoms with Crippen molar-refractivity contribution in [2.45, 2.75) is 13.0 Å². The summed E-state index contributed by atoms with van der Waals surface area (Å²) >= 11 is 0. The van der Waals surface area contributed by atoms with Gasteiger partial charge in [0.15, 0.2) is 0 Å². The lowest BCUT2D eigenvalue weighted by Gasteiger charge is -2.24. The molecule has 7 nitrogen and oxygen atoms in total. The molecule has 37 heavy (non-hydrogen) atoms. The Bertz CT molecular complexity index is 1740. The Hall–Kier alpha value is -5.10. The van der Waals surface area contributed by atoms with Crippen molar-refractivity contribution in [1.29, 1.82) is 5.26 Å². The van der Waals surface area contributed by atoms with Crippen molar-refractivity contribution >= 4 is 17.2 Å². The highest BCUT2D eigenvalue weighted by Crippen LogP contribution is 2.39. The number of halogens is 2. The highest BCUT2D eigenvalue weighted by molar-refractivity contribution is 5.89. The first-order chi connectivity index (χ1) is 17.9. The molecule has 0 aliphatic rings. The third-order valence-electron chi connectivity index (χ3n) is 6.09. The van der Waals surface area contributed by atoms with Gasteiger partial charge in [-0.25, -0.2) is 18.7 Å². The monoisotopic (exact) mass is 494 g/mol. The van der Waals surface area contributed by atoms with Crippen molar-refractivity contribution in [2.24, 2.45) is 0 Å². The van der Waals surface area contributed by atoms with Gasteiger partial charge in [0.05, 0.1) is 17.1 Å². The Kier molecular flexibility index (Phi) is 6.07. The molecule has 182 valence electrons. The Labute approximate surface area is 210 Å². The summed E-state index contributed by atoms with van der Waals surface area (Å²) in [4.78, 5) is 21.9. The average Bonchev–Trinajstić information content (AvgIpc) is 2.89. The number of rotatable bonds is 5. The summed E-state index contributed by atoms with van der Waals surface area (Å²) in [5.41, 5.74) is 8.30. The van der Waals surface area contributed by atoms with Crippen LogP contribution < -0.4 is 16.6 Å². The second-order valence-electron chi connectivity index (χ2n) is 8.41. The largest absolute Gasteiger partial charge is 0.382 e. The lowest BCUT2D eigenvalue weighted by molar-refractivity contribution is 0.618. The lowest BCUT2D eigenvalue weighted by Crippen LogP contribution is -2.23. The van der Waals surface area contributed by atoms with Gasteiger partial charge in [-0.3, -0.25) is 9.20 Å². The van der Waals surface area contributed by atoms with Gasteiger partial charge in [-0.15, -0.1) is 0 Å². The molecule has 5 aromatic rings. The lowest BCUT2D eigenvalue weighted by atomic mass is 9.88. The van der Waals surface area contributed by atoms with Gasteiger partial charge in [0.1, 0.15) is 41.2 Å². The molecule has 0 amide bonds. The summed E-state index contributed by atoms with van der Waals surface area (Å²) in [6, 6.07) is 19.0. The van der Waals surface area contributed by atoms with E-state index < -0.39 is 23.2 Å². The van der Waals surface area contributed by atoms with E-state index in [1.807, 2.05) is 12.1 Å². The van der Waals surface area contributed by atoms with Crippen molar-refractivity contribution in [1.82, 2.24) is 14.4 Å². The standard InChI is InChI=1S/C28H20F2N6O/c1-16(35-27-21(13-31)26(32)33-15-34-27)23-24(18-8-5-9-19(29)12-18)22-11-10-20(30)14-36(22)28(37)25(23)17-6-3-2-4-7-17/h2-12,14-16H,1H3,(H3,32,33,34,35)/t16-/m0/s1. The molecule has 0 saturated carbocycles. The smallest absolute Gasteiger partial charge is 0.263 e. The third-order valence-corrected chi connectivity index (χ3v) is 6.09. The topological polar surface area (TPSA) is 109 Å². The third kappa shape index (κ3) is 4.25. The Morgan fingerprint density at radius 3 is 2.46 bits per heavy atom. The van der Waals surface area contributed by atoms with Crippen molar-refractivity contribution < 1.29 is 8.78 Å². The fourth-order valence-electron chi connectivity index (χ4n) is 4.51. The Morgan fingerprint density at radius 1 is 0.973 bits per heavy atom. The number of hydrogen-bond acceptors (Lipinski definition) is 6. The van der Waals surface area contributed by atoms with Crippen LogP contribution in [0.5, 0.6) is 0 Å². The molecule has 0 saturated heterocycles. The van der Waals surface area contributed by atoms with Crippen molar-refractivity contribution in [2.75, 3.05) is 11.1 Å². The molecule has 2 aromatic carbocycles. The minimum absolute atomic E-state index is 0.00916. The summed E-state index contributed by atoms with van der Waals surface area (Å²) in [6.07, 6.45) is 2.35. The van der Waals surface area contributed by atoms with E-state index in [0.717, 1.165) is 6.20 Å². The van der Waals surface area contributed by atoms with E-state index in [1.165, 1.54) is 35.0 Å². The summed E-state index contributed by atoms with van der Waals surface area (Å²) in [7, 11) is 0. The summed E-state index contributed by atoms with van der Waals surface area (Å²) in [5.74, 6) is -0.860. The Morgan fingerprint density at radius 2 is 1.73 bits per heavy atom. The molecule has 3 aromatic heterocycles. The first kappa shape index (κ1) is 23.6. The second-order valence-corrected chi connectivity index (χ2v) is 8.41. The van der Waals surface area contributed by atoms with Gasteiger partial charge in [-0.05, 0) is 47.9 Å². The van der Waals surface area contributed by atoms with Crippen molar-refractivity contribution in [3.63, 3.8) is 0 Å². The van der Waals surface area contributed by atoms with Crippen LogP contribution in [0.2, 0.25) is 0 Å². The number of benzene rings is 2. The first-order valence-corrected chi connectivity index (χ1v) is 11.3. The maximum absolute atomic E-state index is 14.4. The quantitative estimate of drug-likeness (QED) is 0.342. The number of fused-ring (bicyclic) bond motifs is 1. The fraction of sp³-hybridized carbons (Fsp3) is 0.0714. The van der Waals surface area contributed by atoms with Gasteiger partial charge >= 0.3 is 0 Å². The first-order valence-electron chi connectivity index (χ1n) is 11.3. The molecule has 0 unspecified atom stereocenters. The molecule has 0 aliphatic heterocycles. The zero-order chi connectivity index (χ0) is 26.1. The highest BCUT2D eigenvalue weighted by Gasteiger charge is 2.26. The average molecular weight is 495 g/mol. The van der Waals surface area contributed by atoms with Crippen LogP contribution >= 0.6 is 0 Å². The summed E-state index contributed by atoms with van der Waals surface area (Å²) < 4.78 is 30.0. The highest BCUT2D eigenvalue weighted by atomic mass is 19.1. The summed E-state index contributed by atoms with van der Waals surface area (Å²) in [5, 5.41) is 12.8. The molecule has 0 bridgehead atoms. The zero-order valence-corrected chi connectivity index (χ0v) is 19.6. The number of nitrogens with one attached hydrogen (secondary N) is 1. The Balaban J connectivity index is 1.89. The van der Waals surface area contributed by atoms with E-state index >= 15 is 0 Å². The van der Waals surface area contributed by atoms with Crippen LogP contribution in [0.1, 0.15) is 24.1 Å². The molecule has 9 heteroatoms. The minimum atomic E-state index is -0.627. The number of aromatic nitrogens is 3. The molecule has 5 rings (SSSR count). The van der Waals surface area contributed by atoms with Gasteiger partial charge in [0.25, 0.3) is 5.56 Å². The minimum Gasteiger partial charge on any atom is -0.382 e. The van der Waals surface area contributed by atoms with E-state index in [2.05, 4.69) is 15.3 Å². The second kappa shape index (κ2) is 9.51. The van der Waals surface area contributed by atoms with Crippen LogP contribution in [0.15, 0.2) is 84.0 Å². The van der Waals surface area contributed by atoms with Gasteiger partial charge in [0, 0.05) is 11.8 Å². The molecule has 0 radical (unpaired) electrons. The van der Waals surface area contributed by atoms with Crippen molar-refractivity contribution in [3.05, 3.63) is 112 Å². The van der Waals surface area contributed by atoms with Gasteiger partial charge in [-0.1, -0.05) is 42.5 Å². The number of anilines is 2. The van der Waals surface area contributed by atoms with Crippen LogP contribution in [-0.2, 0) is 0 Å². The van der Waals surface area contributed by atoms with Gasteiger partial charge < -0.3 is 11.1 Å². The molecular weight excluding hydrogens is 474 g/mol. The molecule has 3 N–H and O–H groups in total. The zero-order valence-electron chi connectivity index (χ0n) is 19.6. The van der Waals surface area contributed by atoms with Crippen LogP contribution in [0.3, 0.4) is 0 Å². The van der Waals surface area contributed by atoms with Crippen LogP contribution in [0.4, 0.5) is 20.4 Å². The molecule has 0 fully saturated rings. The predicted octanol–water partition coefficient (Wildman–Crippen LogP) is 5.33. The normalized spacial score (nSPS) is 11.7. The van der Waals surface area contributed by atoms with Crippen molar-refractivity contribution in [3.8, 4) is 28.3 Å². The fourth-order valence-corrected chi connectivity index (χ4v) is 4.51. The van der Waals surface area contributed by atoms with Crippen LogP contribution in [-0.4, -0.2) is 14.4 Å². The molecule has 1 atom stereocenters. The molecule has 3 heterocycles. The summed E-state index contributed by atoms with van der Waals surface area (Å²) in [6.45, 7) is 1.80. The number of nitrogen functional groups attached to an aromatic ring is 1.